The third kappa shape index (κ3) is 9.33. The molecule has 14 nitrogen and oxygen atoms in total. The number of hydrogen-bond donors (Lipinski definition) is 1. The van der Waals surface area contributed by atoms with Crippen LogP contribution in [0.4, 0.5) is 0 Å². The van der Waals surface area contributed by atoms with Crippen LogP contribution in [-0.4, -0.2) is 104 Å². The average Bonchev–Trinajstić information content (AvgIpc) is 3.87. The molecule has 14 heteroatoms. The number of carboxylic acid groups (broad SMARTS) is 1. The molecule has 3 aromatic carbocycles. The maximum Gasteiger partial charge on any atom is 0.300 e. The first-order valence-corrected chi connectivity index (χ1v) is 17.0. The van der Waals surface area contributed by atoms with Crippen LogP contribution in [0.1, 0.15) is 46.9 Å². The van der Waals surface area contributed by atoms with E-state index in [1.54, 1.807) is 48.5 Å². The maximum absolute atomic E-state index is 14.1. The number of aliphatic carboxylic acids is 1. The van der Waals surface area contributed by atoms with Crippen molar-refractivity contribution < 1.29 is 33.7 Å². The van der Waals surface area contributed by atoms with Crippen molar-refractivity contribution in [1.29, 1.82) is 0 Å². The number of methoxy groups -OCH3 is 2. The molecule has 6 rings (SSSR count). The van der Waals surface area contributed by atoms with Crippen LogP contribution in [0.15, 0.2) is 91.8 Å². The molecule has 0 spiro atoms. The Morgan fingerprint density at radius 3 is 2.15 bits per heavy atom. The van der Waals surface area contributed by atoms with Crippen LogP contribution in [0.5, 0.6) is 17.2 Å². The normalized spacial score (nSPS) is 13.8. The van der Waals surface area contributed by atoms with Crippen molar-refractivity contribution in [1.82, 2.24) is 34.1 Å². The van der Waals surface area contributed by atoms with E-state index in [1.807, 2.05) is 65.7 Å². The van der Waals surface area contributed by atoms with Crippen molar-refractivity contribution in [3.63, 3.8) is 0 Å². The predicted molar refractivity (Wildman–Crippen MR) is 193 cm³/mol. The third-order valence-corrected chi connectivity index (χ3v) is 8.40. The SMILES string of the molecule is CC(=O)O.COc1ccc2cc1OCCN(C(=O)c1ccccc1OC)CCCCN(C(=O)c1ccccc1-n1cncn1)CCCn1ccnc1-2. The molecule has 3 heterocycles. The molecule has 0 atom stereocenters. The quantitative estimate of drug-likeness (QED) is 0.261. The zero-order valence-corrected chi connectivity index (χ0v) is 29.6. The Morgan fingerprint density at radius 1 is 0.788 bits per heavy atom. The summed E-state index contributed by atoms with van der Waals surface area (Å²) in [6.45, 7) is 3.86. The van der Waals surface area contributed by atoms with Gasteiger partial charge in [-0.2, -0.15) is 5.10 Å². The van der Waals surface area contributed by atoms with Crippen molar-refractivity contribution >= 4 is 17.8 Å². The highest BCUT2D eigenvalue weighted by Gasteiger charge is 2.23. The summed E-state index contributed by atoms with van der Waals surface area (Å²) < 4.78 is 21.0. The van der Waals surface area contributed by atoms with Gasteiger partial charge in [0.15, 0.2) is 11.5 Å². The Kier molecular flexibility index (Phi) is 13.0. The molecule has 0 saturated heterocycles. The second-order valence-corrected chi connectivity index (χ2v) is 11.9. The summed E-state index contributed by atoms with van der Waals surface area (Å²) in [5, 5.41) is 11.7. The van der Waals surface area contributed by atoms with Crippen molar-refractivity contribution in [2.24, 2.45) is 0 Å². The third-order valence-electron chi connectivity index (χ3n) is 8.40. The first-order chi connectivity index (χ1) is 25.3. The van der Waals surface area contributed by atoms with Gasteiger partial charge >= 0.3 is 0 Å². The standard InChI is InChI=1S/C36H39N7O5.C2H4O2/c1-46-31-13-6-4-11-29(31)36(45)42-18-8-7-17-41(35(44)28-10-3-5-12-30(28)43-26-37-25-39-43)20-9-19-40-21-16-38-34(40)27-14-15-32(47-2)33(24-27)48-23-22-42;1-2(3)4/h3-6,10-16,21,24-26H,7-9,17-20,22-23H2,1-2H3;1H3,(H,3,4). The molecule has 5 aromatic rings. The molecule has 2 aromatic heterocycles. The van der Waals surface area contributed by atoms with Gasteiger partial charge in [-0.25, -0.2) is 14.6 Å². The van der Waals surface area contributed by atoms with Crippen LogP contribution < -0.4 is 14.2 Å². The summed E-state index contributed by atoms with van der Waals surface area (Å²) in [4.78, 5) is 49.4. The number of aromatic nitrogens is 5. The highest BCUT2D eigenvalue weighted by atomic mass is 16.5. The highest BCUT2D eigenvalue weighted by molar-refractivity contribution is 5.98. The molecule has 0 aliphatic carbocycles. The van der Waals surface area contributed by atoms with Crippen molar-refractivity contribution in [3.05, 3.63) is 103 Å². The first kappa shape index (κ1) is 37.1. The molecule has 1 aliphatic rings. The van der Waals surface area contributed by atoms with Crippen molar-refractivity contribution in [2.45, 2.75) is 32.7 Å². The van der Waals surface area contributed by atoms with E-state index in [1.165, 1.54) is 6.33 Å². The minimum atomic E-state index is -0.833. The van der Waals surface area contributed by atoms with Crippen molar-refractivity contribution in [3.8, 4) is 34.3 Å². The summed E-state index contributed by atoms with van der Waals surface area (Å²) >= 11 is 0. The molecule has 1 aliphatic heterocycles. The lowest BCUT2D eigenvalue weighted by atomic mass is 10.1. The number of carboxylic acids is 1. The number of ether oxygens (including phenoxy) is 3. The fourth-order valence-electron chi connectivity index (χ4n) is 5.96. The predicted octanol–water partition coefficient (Wildman–Crippen LogP) is 5.09. The maximum atomic E-state index is 14.1. The Hall–Kier alpha value is -6.18. The van der Waals surface area contributed by atoms with Crippen LogP contribution >= 0.6 is 0 Å². The second-order valence-electron chi connectivity index (χ2n) is 11.9. The minimum Gasteiger partial charge on any atom is -0.496 e. The van der Waals surface area contributed by atoms with E-state index in [4.69, 9.17) is 24.1 Å². The summed E-state index contributed by atoms with van der Waals surface area (Å²) in [6, 6.07) is 20.4. The van der Waals surface area contributed by atoms with Gasteiger partial charge in [-0.3, -0.25) is 14.4 Å². The number of carbonyl (C=O) groups excluding carboxylic acids is 2. The number of hydrogen-bond acceptors (Lipinski definition) is 9. The lowest BCUT2D eigenvalue weighted by Gasteiger charge is -2.26. The Morgan fingerprint density at radius 2 is 1.44 bits per heavy atom. The minimum absolute atomic E-state index is 0.0833. The Bertz CT molecular complexity index is 1940. The van der Waals surface area contributed by atoms with Gasteiger partial charge in [-0.05, 0) is 61.7 Å². The van der Waals surface area contributed by atoms with Gasteiger partial charge in [-0.15, -0.1) is 0 Å². The molecule has 272 valence electrons. The van der Waals surface area contributed by atoms with Gasteiger partial charge in [0.1, 0.15) is 30.8 Å². The number of benzene rings is 3. The number of imidazole rings is 1. The van der Waals surface area contributed by atoms with E-state index in [2.05, 4.69) is 19.6 Å². The molecule has 2 amide bonds. The fraction of sp³-hybridized carbons (Fsp3) is 0.316. The van der Waals surface area contributed by atoms with Crippen molar-refractivity contribution in [2.75, 3.05) is 47.0 Å². The zero-order valence-electron chi connectivity index (χ0n) is 29.6. The molecular formula is C38H43N7O7. The number of nitrogens with zero attached hydrogens (tertiary/aromatic N) is 7. The Labute approximate surface area is 302 Å². The largest absolute Gasteiger partial charge is 0.496 e. The van der Waals surface area contributed by atoms with Crippen LogP contribution in [-0.2, 0) is 11.3 Å². The topological polar surface area (TPSA) is 154 Å². The molecule has 1 N–H and O–H groups in total. The molecule has 52 heavy (non-hydrogen) atoms. The average molecular weight is 710 g/mol. The lowest BCUT2D eigenvalue weighted by Crippen LogP contribution is -2.37. The number of para-hydroxylation sites is 2. The smallest absolute Gasteiger partial charge is 0.300 e. The molecular weight excluding hydrogens is 666 g/mol. The van der Waals surface area contributed by atoms with E-state index >= 15 is 0 Å². The van der Waals surface area contributed by atoms with Gasteiger partial charge < -0.3 is 33.7 Å². The van der Waals surface area contributed by atoms with Gasteiger partial charge in [0.2, 0.25) is 0 Å². The van der Waals surface area contributed by atoms with Crippen LogP contribution in [0, 0.1) is 0 Å². The van der Waals surface area contributed by atoms with E-state index in [9.17, 15) is 9.59 Å². The van der Waals surface area contributed by atoms with Gasteiger partial charge in [-0.1, -0.05) is 24.3 Å². The van der Waals surface area contributed by atoms with E-state index < -0.39 is 5.97 Å². The fourth-order valence-corrected chi connectivity index (χ4v) is 5.96. The van der Waals surface area contributed by atoms with Crippen LogP contribution in [0.2, 0.25) is 0 Å². The van der Waals surface area contributed by atoms with Crippen LogP contribution in [0.25, 0.3) is 17.1 Å². The molecule has 0 fully saturated rings. The van der Waals surface area contributed by atoms with Crippen LogP contribution in [0.3, 0.4) is 0 Å². The zero-order chi connectivity index (χ0) is 36.9. The number of carbonyl (C=O) groups is 3. The Balaban J connectivity index is 0.00000124. The lowest BCUT2D eigenvalue weighted by molar-refractivity contribution is -0.134. The molecule has 0 unspecified atom stereocenters. The van der Waals surface area contributed by atoms with Gasteiger partial charge in [0.25, 0.3) is 17.8 Å². The highest BCUT2D eigenvalue weighted by Crippen LogP contribution is 2.32. The summed E-state index contributed by atoms with van der Waals surface area (Å²) in [6.07, 6.45) is 8.84. The number of fused-ring (bicyclic) bond motifs is 4. The van der Waals surface area contributed by atoms with E-state index in [-0.39, 0.29) is 18.4 Å². The summed E-state index contributed by atoms with van der Waals surface area (Å²) in [7, 11) is 3.16. The number of amides is 2. The first-order valence-electron chi connectivity index (χ1n) is 17.0. The monoisotopic (exact) mass is 709 g/mol. The molecule has 2 bridgehead atoms. The van der Waals surface area contributed by atoms with E-state index in [0.717, 1.165) is 18.3 Å². The summed E-state index contributed by atoms with van der Waals surface area (Å²) in [5.74, 6) is 1.40. The van der Waals surface area contributed by atoms with Gasteiger partial charge in [0, 0.05) is 51.1 Å². The number of aryl methyl sites for hydroxylation is 1. The van der Waals surface area contributed by atoms with E-state index in [0.29, 0.717) is 86.0 Å². The number of rotatable bonds is 5. The second kappa shape index (κ2) is 18.2. The summed E-state index contributed by atoms with van der Waals surface area (Å²) in [5.41, 5.74) is 2.58. The molecule has 0 saturated carbocycles. The molecule has 0 radical (unpaired) electrons. The van der Waals surface area contributed by atoms with Gasteiger partial charge in [0.05, 0.1) is 37.6 Å².